The minimum atomic E-state index is -3.30. The lowest BCUT2D eigenvalue weighted by Gasteiger charge is -2.07. The molecular formula is C17H13Cl2N3O5S. The molecule has 3 aromatic rings. The Morgan fingerprint density at radius 3 is 2.50 bits per heavy atom. The Kier molecular flexibility index (Phi) is 5.87. The van der Waals surface area contributed by atoms with Gasteiger partial charge in [-0.2, -0.15) is 0 Å². The maximum atomic E-state index is 12.0. The third kappa shape index (κ3) is 5.00. The maximum Gasteiger partial charge on any atom is 0.322 e. The molecule has 0 bridgehead atoms. The van der Waals surface area contributed by atoms with E-state index >= 15 is 0 Å². The minimum Gasteiger partial charge on any atom is -0.482 e. The first kappa shape index (κ1) is 20.1. The highest BCUT2D eigenvalue weighted by atomic mass is 35.5. The summed E-state index contributed by atoms with van der Waals surface area (Å²) in [5.74, 6) is -0.107. The zero-order chi connectivity index (χ0) is 20.3. The zero-order valence-electron chi connectivity index (χ0n) is 14.3. The molecule has 0 fully saturated rings. The number of amides is 1. The van der Waals surface area contributed by atoms with Crippen LogP contribution < -0.4 is 10.1 Å². The van der Waals surface area contributed by atoms with Gasteiger partial charge in [0.25, 0.3) is 5.91 Å². The van der Waals surface area contributed by atoms with Crippen LogP contribution >= 0.6 is 23.2 Å². The number of halogens is 2. The van der Waals surface area contributed by atoms with Gasteiger partial charge in [-0.1, -0.05) is 28.3 Å². The van der Waals surface area contributed by atoms with Gasteiger partial charge in [0.2, 0.25) is 5.89 Å². The molecule has 0 saturated heterocycles. The van der Waals surface area contributed by atoms with E-state index in [0.29, 0.717) is 16.3 Å². The van der Waals surface area contributed by atoms with Crippen LogP contribution in [0.15, 0.2) is 51.8 Å². The average Bonchev–Trinajstić information content (AvgIpc) is 3.09. The Balaban J connectivity index is 1.61. The summed E-state index contributed by atoms with van der Waals surface area (Å²) in [5.41, 5.74) is 0.504. The molecule has 0 radical (unpaired) electrons. The standard InChI is InChI=1S/C17H13Cl2N3O5S/c1-28(24,25)12-5-2-10(3-6-12)16-21-22-17(27-16)20-15(23)9-26-14-7-4-11(18)8-13(14)19/h2-8H,9H2,1H3,(H,20,22,23). The van der Waals surface area contributed by atoms with E-state index in [1.807, 2.05) is 0 Å². The van der Waals surface area contributed by atoms with Crippen LogP contribution in [0.3, 0.4) is 0 Å². The van der Waals surface area contributed by atoms with Crippen LogP contribution in [0.2, 0.25) is 10.0 Å². The molecule has 2 aromatic carbocycles. The smallest absolute Gasteiger partial charge is 0.322 e. The van der Waals surface area contributed by atoms with Gasteiger partial charge in [0.05, 0.1) is 9.92 Å². The molecule has 0 saturated carbocycles. The Bertz CT molecular complexity index is 1110. The minimum absolute atomic E-state index is 0.122. The van der Waals surface area contributed by atoms with Crippen molar-refractivity contribution in [2.45, 2.75) is 4.90 Å². The molecule has 8 nitrogen and oxygen atoms in total. The van der Waals surface area contributed by atoms with Crippen LogP contribution in [0.4, 0.5) is 6.01 Å². The van der Waals surface area contributed by atoms with Gasteiger partial charge in [0.1, 0.15) is 5.75 Å². The lowest BCUT2D eigenvalue weighted by molar-refractivity contribution is -0.118. The highest BCUT2D eigenvalue weighted by Crippen LogP contribution is 2.27. The number of nitrogens with zero attached hydrogens (tertiary/aromatic N) is 2. The van der Waals surface area contributed by atoms with Crippen molar-refractivity contribution >= 4 is 45.0 Å². The predicted octanol–water partition coefficient (Wildman–Crippen LogP) is 3.46. The highest BCUT2D eigenvalue weighted by Gasteiger charge is 2.14. The molecular weight excluding hydrogens is 429 g/mol. The quantitative estimate of drug-likeness (QED) is 0.622. The Morgan fingerprint density at radius 2 is 1.86 bits per heavy atom. The van der Waals surface area contributed by atoms with E-state index in [1.165, 1.54) is 30.3 Å². The first-order valence-electron chi connectivity index (χ1n) is 7.74. The predicted molar refractivity (Wildman–Crippen MR) is 103 cm³/mol. The second kappa shape index (κ2) is 8.17. The molecule has 0 unspecified atom stereocenters. The van der Waals surface area contributed by atoms with Gasteiger partial charge in [0.15, 0.2) is 16.4 Å². The van der Waals surface area contributed by atoms with Crippen molar-refractivity contribution < 1.29 is 22.4 Å². The molecule has 0 spiro atoms. The van der Waals surface area contributed by atoms with E-state index in [-0.39, 0.29) is 28.4 Å². The Hall–Kier alpha value is -2.62. The number of sulfone groups is 1. The molecule has 0 aliphatic carbocycles. The van der Waals surface area contributed by atoms with Crippen molar-refractivity contribution in [1.29, 1.82) is 0 Å². The first-order valence-corrected chi connectivity index (χ1v) is 10.4. The lowest BCUT2D eigenvalue weighted by Crippen LogP contribution is -2.20. The Labute approximate surface area is 170 Å². The summed E-state index contributed by atoms with van der Waals surface area (Å²) in [4.78, 5) is 12.1. The van der Waals surface area contributed by atoms with Gasteiger partial charge in [-0.3, -0.25) is 10.1 Å². The van der Waals surface area contributed by atoms with Crippen LogP contribution in [-0.4, -0.2) is 37.4 Å². The summed E-state index contributed by atoms with van der Waals surface area (Å²) in [6, 6.07) is 10.4. The molecule has 0 atom stereocenters. The lowest BCUT2D eigenvalue weighted by atomic mass is 10.2. The molecule has 1 N–H and O–H groups in total. The largest absolute Gasteiger partial charge is 0.482 e. The van der Waals surface area contributed by atoms with Crippen molar-refractivity contribution in [2.24, 2.45) is 0 Å². The number of anilines is 1. The molecule has 146 valence electrons. The molecule has 28 heavy (non-hydrogen) atoms. The highest BCUT2D eigenvalue weighted by molar-refractivity contribution is 7.90. The number of hydrogen-bond acceptors (Lipinski definition) is 7. The monoisotopic (exact) mass is 441 g/mol. The fourth-order valence-corrected chi connectivity index (χ4v) is 3.22. The van der Waals surface area contributed by atoms with Crippen molar-refractivity contribution in [1.82, 2.24) is 10.2 Å². The summed E-state index contributed by atoms with van der Waals surface area (Å²) in [6.45, 7) is -0.331. The molecule has 11 heteroatoms. The van der Waals surface area contributed by atoms with Crippen molar-refractivity contribution in [3.05, 3.63) is 52.5 Å². The maximum absolute atomic E-state index is 12.0. The van der Waals surface area contributed by atoms with Crippen molar-refractivity contribution in [3.8, 4) is 17.2 Å². The number of ether oxygens (including phenoxy) is 1. The van der Waals surface area contributed by atoms with Crippen LogP contribution in [0, 0.1) is 0 Å². The third-order valence-corrected chi connectivity index (χ3v) is 5.11. The summed E-state index contributed by atoms with van der Waals surface area (Å²) in [6.07, 6.45) is 1.11. The molecule has 0 aliphatic rings. The van der Waals surface area contributed by atoms with Crippen LogP contribution in [0.5, 0.6) is 5.75 Å². The van der Waals surface area contributed by atoms with Crippen LogP contribution in [0.25, 0.3) is 11.5 Å². The number of nitrogens with one attached hydrogen (secondary N) is 1. The number of hydrogen-bond donors (Lipinski definition) is 1. The average molecular weight is 442 g/mol. The zero-order valence-corrected chi connectivity index (χ0v) is 16.7. The second-order valence-electron chi connectivity index (χ2n) is 5.62. The molecule has 1 amide bonds. The molecule has 3 rings (SSSR count). The normalized spacial score (nSPS) is 11.2. The number of benzene rings is 2. The van der Waals surface area contributed by atoms with Gasteiger partial charge in [-0.15, -0.1) is 5.10 Å². The molecule has 0 aliphatic heterocycles. The fraction of sp³-hybridized carbons (Fsp3) is 0.118. The topological polar surface area (TPSA) is 111 Å². The Morgan fingerprint density at radius 1 is 1.14 bits per heavy atom. The van der Waals surface area contributed by atoms with Gasteiger partial charge in [-0.05, 0) is 42.5 Å². The summed E-state index contributed by atoms with van der Waals surface area (Å²) in [5, 5.41) is 10.7. The number of rotatable bonds is 6. The molecule has 1 heterocycles. The summed E-state index contributed by atoms with van der Waals surface area (Å²) >= 11 is 11.8. The van der Waals surface area contributed by atoms with E-state index in [2.05, 4.69) is 15.5 Å². The summed E-state index contributed by atoms with van der Waals surface area (Å²) in [7, 11) is -3.30. The van der Waals surface area contributed by atoms with Gasteiger partial charge < -0.3 is 9.15 Å². The third-order valence-electron chi connectivity index (χ3n) is 3.45. The number of carbonyl (C=O) groups excluding carboxylic acids is 1. The number of aromatic nitrogens is 2. The van der Waals surface area contributed by atoms with E-state index in [4.69, 9.17) is 32.4 Å². The van der Waals surface area contributed by atoms with Gasteiger partial charge >= 0.3 is 6.01 Å². The SMILES string of the molecule is CS(=O)(=O)c1ccc(-c2nnc(NC(=O)COc3ccc(Cl)cc3Cl)o2)cc1. The van der Waals surface area contributed by atoms with E-state index in [0.717, 1.165) is 6.26 Å². The van der Waals surface area contributed by atoms with E-state index in [1.54, 1.807) is 12.1 Å². The first-order chi connectivity index (χ1) is 13.2. The second-order valence-corrected chi connectivity index (χ2v) is 8.48. The van der Waals surface area contributed by atoms with Gasteiger partial charge in [0, 0.05) is 16.8 Å². The van der Waals surface area contributed by atoms with Gasteiger partial charge in [-0.25, -0.2) is 8.42 Å². The van der Waals surface area contributed by atoms with Crippen molar-refractivity contribution in [3.63, 3.8) is 0 Å². The van der Waals surface area contributed by atoms with Crippen molar-refractivity contribution in [2.75, 3.05) is 18.2 Å². The van der Waals surface area contributed by atoms with E-state index < -0.39 is 15.7 Å². The van der Waals surface area contributed by atoms with E-state index in [9.17, 15) is 13.2 Å². The molecule has 1 aromatic heterocycles. The number of carbonyl (C=O) groups is 1. The fourth-order valence-electron chi connectivity index (χ4n) is 2.13. The van der Waals surface area contributed by atoms with Crippen LogP contribution in [-0.2, 0) is 14.6 Å². The van der Waals surface area contributed by atoms with Crippen LogP contribution in [0.1, 0.15) is 0 Å². The summed E-state index contributed by atoms with van der Waals surface area (Å²) < 4.78 is 33.6.